The summed E-state index contributed by atoms with van der Waals surface area (Å²) in [7, 11) is -10.3. The van der Waals surface area contributed by atoms with Crippen molar-refractivity contribution in [2.75, 3.05) is 124 Å². The van der Waals surface area contributed by atoms with Gasteiger partial charge in [0.25, 0.3) is 0 Å². The fourth-order valence-corrected chi connectivity index (χ4v) is 6.69. The van der Waals surface area contributed by atoms with Crippen LogP contribution in [0.5, 0.6) is 0 Å². The summed E-state index contributed by atoms with van der Waals surface area (Å²) >= 11 is 0. The summed E-state index contributed by atoms with van der Waals surface area (Å²) in [5.41, 5.74) is -0.153. The van der Waals surface area contributed by atoms with E-state index in [1.807, 2.05) is 0 Å². The number of anilines is 8. The fraction of sp³-hybridized carbons (Fsp3) is 0.474. The average Bonchev–Trinajstić information content (AvgIpc) is 3.27. The normalized spacial score (nSPS) is 12.4. The van der Waals surface area contributed by atoms with Gasteiger partial charge in [0.15, 0.2) is 0 Å². The number of ether oxygens (including phenoxy) is 4. The summed E-state index contributed by atoms with van der Waals surface area (Å²) < 4.78 is 96.4. The molecule has 4 aromatic rings. The monoisotopic (exact) mass is 1040 g/mol. The summed E-state index contributed by atoms with van der Waals surface area (Å²) in [6.45, 7) is 5.18. The predicted octanol–water partition coefficient (Wildman–Crippen LogP) is -6.01. The number of aromatic nitrogens is 6. The van der Waals surface area contributed by atoms with Gasteiger partial charge in [-0.1, -0.05) is 24.3 Å². The standard InChI is InChI=1S/C38H56N12O14S2.2K/c1-25(23-53)41-35-45-33(39-9-13-61-17-19-63-15-11-51)47-37(49-35)43-29-7-5-27(31(21-29)65(55,56)57)3-4-28-6-8-30(22-32(28)66(58,59)60)44-38-48-34(46-36(50-38)42-26(2)24-54)40-10-14-62-18-20-64-16-12-52;;/h3-8,21-22,25-26,51-54H,9-20,23-24H2,1-2H3,(H,55,56,57)(H,58,59,60)(H3,39,41,43,45,47,49)(H3,40,42,44,46,48,50);;/q;2*+1/p-2/b4-3+;;. The van der Waals surface area contributed by atoms with Crippen molar-refractivity contribution in [2.24, 2.45) is 0 Å². The van der Waals surface area contributed by atoms with Crippen molar-refractivity contribution >= 4 is 79.5 Å². The molecule has 0 aliphatic carbocycles. The molecule has 10 N–H and O–H groups in total. The summed E-state index contributed by atoms with van der Waals surface area (Å²) in [6.07, 6.45) is 2.32. The van der Waals surface area contributed by atoms with Gasteiger partial charge in [0.2, 0.25) is 35.7 Å². The van der Waals surface area contributed by atoms with Gasteiger partial charge in [-0.2, -0.15) is 29.9 Å². The molecule has 2 aromatic carbocycles. The number of benzene rings is 2. The number of nitrogens with zero attached hydrogens (tertiary/aromatic N) is 6. The van der Waals surface area contributed by atoms with E-state index in [2.05, 4.69) is 61.8 Å². The van der Waals surface area contributed by atoms with Gasteiger partial charge in [0, 0.05) is 36.5 Å². The Kier molecular flexibility index (Phi) is 29.8. The van der Waals surface area contributed by atoms with E-state index in [-0.39, 0.29) is 253 Å². The molecule has 0 aliphatic rings. The zero-order chi connectivity index (χ0) is 48.0. The van der Waals surface area contributed by atoms with Gasteiger partial charge < -0.3 is 80.4 Å². The van der Waals surface area contributed by atoms with E-state index in [0.717, 1.165) is 24.3 Å². The Hall–Kier alpha value is -2.23. The third-order valence-electron chi connectivity index (χ3n) is 8.36. The first-order valence-corrected chi connectivity index (χ1v) is 23.1. The van der Waals surface area contributed by atoms with E-state index in [9.17, 15) is 36.2 Å². The maximum atomic E-state index is 12.5. The van der Waals surface area contributed by atoms with Crippen LogP contribution in [-0.2, 0) is 39.2 Å². The number of aliphatic hydroxyl groups excluding tert-OH is 4. The zero-order valence-electron chi connectivity index (χ0n) is 38.0. The molecule has 26 nitrogen and oxygen atoms in total. The third kappa shape index (κ3) is 22.9. The SMILES string of the molecule is CC(CO)Nc1nc(NCCOCCOCCO)nc(Nc2ccc(/C=C/c3ccc(Nc4nc(NCCOCCOCCO)nc(NC(C)CO)n4)cc3S(=O)(=O)[O-])c(S(=O)(=O)[O-])c2)n1.[K+].[K+]. The molecule has 68 heavy (non-hydrogen) atoms. The molecule has 2 atom stereocenters. The van der Waals surface area contributed by atoms with E-state index in [0.29, 0.717) is 0 Å². The van der Waals surface area contributed by atoms with Crippen LogP contribution in [0.2, 0.25) is 0 Å². The van der Waals surface area contributed by atoms with Crippen molar-refractivity contribution in [2.45, 2.75) is 35.7 Å². The van der Waals surface area contributed by atoms with Crippen LogP contribution in [-0.4, -0.2) is 181 Å². The fourth-order valence-electron chi connectivity index (χ4n) is 5.30. The number of rotatable bonds is 32. The maximum Gasteiger partial charge on any atom is 1.00 e. The van der Waals surface area contributed by atoms with E-state index < -0.39 is 42.1 Å². The number of hydrogen-bond acceptors (Lipinski definition) is 26. The van der Waals surface area contributed by atoms with Crippen LogP contribution >= 0.6 is 0 Å². The molecule has 4 rings (SSSR count). The van der Waals surface area contributed by atoms with Gasteiger partial charge in [-0.15, -0.1) is 0 Å². The molecule has 0 bridgehead atoms. The van der Waals surface area contributed by atoms with Crippen molar-refractivity contribution < 1.29 is 168 Å². The Labute approximate surface area is 479 Å². The Morgan fingerprint density at radius 1 is 0.529 bits per heavy atom. The first-order valence-electron chi connectivity index (χ1n) is 20.3. The van der Waals surface area contributed by atoms with Crippen LogP contribution in [0.15, 0.2) is 46.2 Å². The first kappa shape index (κ1) is 61.9. The predicted molar refractivity (Wildman–Crippen MR) is 239 cm³/mol. The Morgan fingerprint density at radius 3 is 1.21 bits per heavy atom. The van der Waals surface area contributed by atoms with Crippen LogP contribution < -0.4 is 135 Å². The molecule has 0 amide bonds. The molecular formula is C38H54K2N12O14S2. The molecule has 0 saturated carbocycles. The van der Waals surface area contributed by atoms with E-state index in [1.54, 1.807) is 13.8 Å². The van der Waals surface area contributed by atoms with Crippen LogP contribution in [0.25, 0.3) is 12.2 Å². The second-order valence-electron chi connectivity index (χ2n) is 13.8. The van der Waals surface area contributed by atoms with E-state index in [4.69, 9.17) is 29.2 Å². The molecule has 0 saturated heterocycles. The summed E-state index contributed by atoms with van der Waals surface area (Å²) in [4.78, 5) is 24.3. The minimum Gasteiger partial charge on any atom is -0.744 e. The van der Waals surface area contributed by atoms with E-state index >= 15 is 0 Å². The van der Waals surface area contributed by atoms with Crippen molar-refractivity contribution in [3.05, 3.63) is 47.5 Å². The minimum absolute atomic E-state index is 0. The smallest absolute Gasteiger partial charge is 0.744 e. The zero-order valence-corrected chi connectivity index (χ0v) is 45.9. The average molecular weight is 1050 g/mol. The summed E-state index contributed by atoms with van der Waals surface area (Å²) in [6, 6.07) is 6.50. The molecule has 30 heteroatoms. The van der Waals surface area contributed by atoms with Crippen molar-refractivity contribution in [3.8, 4) is 0 Å². The van der Waals surface area contributed by atoms with Gasteiger partial charge >= 0.3 is 103 Å². The first-order chi connectivity index (χ1) is 31.6. The Morgan fingerprint density at radius 2 is 0.868 bits per heavy atom. The Bertz CT molecular complexity index is 2240. The summed E-state index contributed by atoms with van der Waals surface area (Å²) in [5, 5.41) is 54.1. The van der Waals surface area contributed by atoms with Gasteiger partial charge in [-0.25, -0.2) is 16.8 Å². The van der Waals surface area contributed by atoms with Gasteiger partial charge in [0.1, 0.15) is 20.2 Å². The van der Waals surface area contributed by atoms with Gasteiger partial charge in [0.05, 0.1) is 89.1 Å². The third-order valence-corrected chi connectivity index (χ3v) is 10.1. The molecular weight excluding hydrogens is 991 g/mol. The molecule has 0 fully saturated rings. The quantitative estimate of drug-likeness (QED) is 0.00942. The minimum atomic E-state index is -5.16. The van der Waals surface area contributed by atoms with Gasteiger partial charge in [-0.3, -0.25) is 0 Å². The van der Waals surface area contributed by atoms with Crippen LogP contribution in [0.1, 0.15) is 25.0 Å². The molecule has 2 unspecified atom stereocenters. The van der Waals surface area contributed by atoms with Crippen LogP contribution in [0.3, 0.4) is 0 Å². The summed E-state index contributed by atoms with van der Waals surface area (Å²) in [5.74, 6) is 0.126. The number of aliphatic hydroxyl groups is 4. The number of hydrogen-bond donors (Lipinski definition) is 10. The molecule has 0 radical (unpaired) electrons. The van der Waals surface area contributed by atoms with E-state index in [1.165, 1.54) is 24.3 Å². The van der Waals surface area contributed by atoms with Crippen molar-refractivity contribution in [1.29, 1.82) is 0 Å². The molecule has 2 heterocycles. The topological polar surface area (TPSA) is 382 Å². The number of nitrogens with one attached hydrogen (secondary N) is 6. The Balaban J connectivity index is 0.00000793. The second-order valence-corrected chi connectivity index (χ2v) is 16.5. The van der Waals surface area contributed by atoms with Crippen molar-refractivity contribution in [3.63, 3.8) is 0 Å². The molecule has 2 aromatic heterocycles. The largest absolute Gasteiger partial charge is 1.00 e. The van der Waals surface area contributed by atoms with Gasteiger partial charge in [-0.05, 0) is 49.2 Å². The van der Waals surface area contributed by atoms with Crippen LogP contribution in [0, 0.1) is 0 Å². The molecule has 0 spiro atoms. The van der Waals surface area contributed by atoms with Crippen LogP contribution in [0.4, 0.5) is 47.1 Å². The maximum absolute atomic E-state index is 12.5. The molecule has 0 aliphatic heterocycles. The second kappa shape index (κ2) is 32.7. The molecule has 364 valence electrons. The van der Waals surface area contributed by atoms with Crippen molar-refractivity contribution in [1.82, 2.24) is 29.9 Å².